The number of aryl methyl sites for hydroxylation is 1. The molecule has 0 radical (unpaired) electrons. The SMILES string of the molecule is Cn1nc(C2CCC(O)NC2O)c2ccc(N3CCC(OC4CCN(C(=O)OC(C)(C)C)CC4)CC3)cc21. The van der Waals surface area contributed by atoms with E-state index < -0.39 is 18.1 Å². The highest BCUT2D eigenvalue weighted by molar-refractivity contribution is 5.86. The van der Waals surface area contributed by atoms with Crippen LogP contribution in [0.25, 0.3) is 10.9 Å². The molecular weight excluding hydrogens is 486 g/mol. The lowest BCUT2D eigenvalue weighted by atomic mass is 9.91. The van der Waals surface area contributed by atoms with Gasteiger partial charge in [-0.3, -0.25) is 10.00 Å². The molecule has 210 valence electrons. The Morgan fingerprint density at radius 1 is 1.00 bits per heavy atom. The van der Waals surface area contributed by atoms with Crippen molar-refractivity contribution in [1.82, 2.24) is 20.0 Å². The highest BCUT2D eigenvalue weighted by atomic mass is 16.6. The van der Waals surface area contributed by atoms with Gasteiger partial charge in [0, 0.05) is 50.2 Å². The molecule has 0 aliphatic carbocycles. The molecule has 3 saturated heterocycles. The number of nitrogens with one attached hydrogen (secondary N) is 1. The average Bonchev–Trinajstić information content (AvgIpc) is 3.19. The molecule has 5 rings (SSSR count). The summed E-state index contributed by atoms with van der Waals surface area (Å²) in [5.41, 5.74) is 2.63. The third-order valence-corrected chi connectivity index (χ3v) is 8.00. The molecule has 3 fully saturated rings. The van der Waals surface area contributed by atoms with Gasteiger partial charge in [0.2, 0.25) is 0 Å². The van der Waals surface area contributed by atoms with E-state index in [9.17, 15) is 15.0 Å². The number of aliphatic hydroxyl groups excluding tert-OH is 2. The first kappa shape index (κ1) is 27.2. The molecule has 38 heavy (non-hydrogen) atoms. The van der Waals surface area contributed by atoms with Crippen LogP contribution in [-0.4, -0.2) is 87.4 Å². The van der Waals surface area contributed by atoms with Gasteiger partial charge in [0.05, 0.1) is 23.4 Å². The van der Waals surface area contributed by atoms with Crippen molar-refractivity contribution in [1.29, 1.82) is 0 Å². The summed E-state index contributed by atoms with van der Waals surface area (Å²) in [5, 5.41) is 28.9. The van der Waals surface area contributed by atoms with Crippen molar-refractivity contribution in [2.75, 3.05) is 31.1 Å². The number of hydrogen-bond acceptors (Lipinski definition) is 8. The zero-order valence-corrected chi connectivity index (χ0v) is 23.1. The van der Waals surface area contributed by atoms with Gasteiger partial charge in [0.15, 0.2) is 0 Å². The second kappa shape index (κ2) is 11.0. The molecule has 1 amide bonds. The van der Waals surface area contributed by atoms with Gasteiger partial charge < -0.3 is 29.5 Å². The first-order valence-corrected chi connectivity index (χ1v) is 14.0. The van der Waals surface area contributed by atoms with Crippen molar-refractivity contribution in [2.24, 2.45) is 7.05 Å². The second-order valence-corrected chi connectivity index (χ2v) is 12.0. The van der Waals surface area contributed by atoms with Gasteiger partial charge in [0.1, 0.15) is 18.1 Å². The summed E-state index contributed by atoms with van der Waals surface area (Å²) in [7, 11) is 1.95. The Morgan fingerprint density at radius 2 is 1.66 bits per heavy atom. The number of rotatable bonds is 4. The molecule has 1 aromatic carbocycles. The van der Waals surface area contributed by atoms with Crippen LogP contribution >= 0.6 is 0 Å². The standard InChI is InChI=1S/C28H43N5O5/c1-28(2,3)38-27(36)33-15-11-20(12-16-33)37-19-9-13-32(14-10-19)18-5-6-21-23(17-18)31(4)30-25(21)22-7-8-24(34)29-26(22)35/h5-6,17,19-20,22,24,26,29,34-35H,7-16H2,1-4H3. The largest absolute Gasteiger partial charge is 0.444 e. The number of carbonyl (C=O) groups is 1. The van der Waals surface area contributed by atoms with E-state index in [-0.39, 0.29) is 24.2 Å². The topological polar surface area (TPSA) is 112 Å². The van der Waals surface area contributed by atoms with E-state index in [4.69, 9.17) is 14.6 Å². The van der Waals surface area contributed by atoms with Crippen molar-refractivity contribution in [3.05, 3.63) is 23.9 Å². The lowest BCUT2D eigenvalue weighted by molar-refractivity contribution is -0.0535. The number of hydrogen-bond donors (Lipinski definition) is 3. The zero-order chi connectivity index (χ0) is 27.0. The number of nitrogens with zero attached hydrogens (tertiary/aromatic N) is 4. The number of amides is 1. The molecule has 3 aliphatic heterocycles. The molecule has 3 N–H and O–H groups in total. The molecule has 3 unspecified atom stereocenters. The Hall–Kier alpha value is -2.40. The van der Waals surface area contributed by atoms with Crippen molar-refractivity contribution in [3.8, 4) is 0 Å². The van der Waals surface area contributed by atoms with E-state index in [1.807, 2.05) is 32.5 Å². The predicted molar refractivity (Wildman–Crippen MR) is 145 cm³/mol. The molecule has 0 saturated carbocycles. The monoisotopic (exact) mass is 529 g/mol. The molecule has 0 spiro atoms. The fraction of sp³-hybridized carbons (Fsp3) is 0.714. The lowest BCUT2D eigenvalue weighted by Crippen LogP contribution is -2.46. The van der Waals surface area contributed by atoms with E-state index in [1.165, 1.54) is 5.69 Å². The first-order valence-electron chi connectivity index (χ1n) is 14.0. The average molecular weight is 530 g/mol. The molecule has 0 bridgehead atoms. The van der Waals surface area contributed by atoms with Crippen LogP contribution in [0, 0.1) is 0 Å². The molecule has 10 nitrogen and oxygen atoms in total. The Kier molecular flexibility index (Phi) is 7.86. The molecule has 1 aromatic heterocycles. The van der Waals surface area contributed by atoms with Crippen LogP contribution in [-0.2, 0) is 16.5 Å². The van der Waals surface area contributed by atoms with Crippen LogP contribution < -0.4 is 10.2 Å². The minimum atomic E-state index is -0.805. The third kappa shape index (κ3) is 6.09. The number of aliphatic hydroxyl groups is 2. The Bertz CT molecular complexity index is 1110. The van der Waals surface area contributed by atoms with Gasteiger partial charge in [-0.25, -0.2) is 4.79 Å². The van der Waals surface area contributed by atoms with Crippen molar-refractivity contribution >= 4 is 22.7 Å². The predicted octanol–water partition coefficient (Wildman–Crippen LogP) is 3.06. The van der Waals surface area contributed by atoms with Crippen LogP contribution in [0.2, 0.25) is 0 Å². The number of fused-ring (bicyclic) bond motifs is 1. The number of likely N-dealkylation sites (tertiary alicyclic amines) is 1. The van der Waals surface area contributed by atoms with Gasteiger partial charge in [-0.1, -0.05) is 0 Å². The summed E-state index contributed by atoms with van der Waals surface area (Å²) in [6.07, 6.45) is 3.67. The highest BCUT2D eigenvalue weighted by Crippen LogP contribution is 2.35. The van der Waals surface area contributed by atoms with Gasteiger partial charge in [-0.05, 0) is 77.5 Å². The molecule has 3 atom stereocenters. The summed E-state index contributed by atoms with van der Waals surface area (Å²) >= 11 is 0. The van der Waals surface area contributed by atoms with E-state index in [0.717, 1.165) is 55.4 Å². The van der Waals surface area contributed by atoms with Gasteiger partial charge >= 0.3 is 6.09 Å². The minimum absolute atomic E-state index is 0.142. The number of anilines is 1. The number of ether oxygens (including phenoxy) is 2. The molecule has 2 aromatic rings. The maximum Gasteiger partial charge on any atom is 0.410 e. The number of aromatic nitrogens is 2. The summed E-state index contributed by atoms with van der Waals surface area (Å²) in [6.45, 7) is 8.91. The van der Waals surface area contributed by atoms with Crippen LogP contribution in [0.3, 0.4) is 0 Å². The molecule has 10 heteroatoms. The number of carbonyl (C=O) groups excluding carboxylic acids is 1. The van der Waals surface area contributed by atoms with E-state index in [1.54, 1.807) is 4.90 Å². The fourth-order valence-corrected chi connectivity index (χ4v) is 5.95. The molecular formula is C28H43N5O5. The number of benzene rings is 1. The molecule has 3 aliphatic rings. The molecule has 4 heterocycles. The summed E-state index contributed by atoms with van der Waals surface area (Å²) in [4.78, 5) is 16.5. The maximum absolute atomic E-state index is 12.3. The lowest BCUT2D eigenvalue weighted by Gasteiger charge is -2.38. The van der Waals surface area contributed by atoms with Gasteiger partial charge in [-0.2, -0.15) is 5.10 Å². The third-order valence-electron chi connectivity index (χ3n) is 8.00. The Morgan fingerprint density at radius 3 is 2.29 bits per heavy atom. The van der Waals surface area contributed by atoms with Crippen LogP contribution in [0.5, 0.6) is 0 Å². The van der Waals surface area contributed by atoms with Crippen molar-refractivity contribution in [2.45, 2.75) is 95.5 Å². The van der Waals surface area contributed by atoms with Crippen molar-refractivity contribution < 1.29 is 24.5 Å². The summed E-state index contributed by atoms with van der Waals surface area (Å²) in [5.74, 6) is -0.142. The minimum Gasteiger partial charge on any atom is -0.444 e. The first-order chi connectivity index (χ1) is 18.1. The zero-order valence-electron chi connectivity index (χ0n) is 23.1. The van der Waals surface area contributed by atoms with Crippen molar-refractivity contribution in [3.63, 3.8) is 0 Å². The smallest absolute Gasteiger partial charge is 0.410 e. The summed E-state index contributed by atoms with van der Waals surface area (Å²) < 4.78 is 13.9. The second-order valence-electron chi connectivity index (χ2n) is 12.0. The summed E-state index contributed by atoms with van der Waals surface area (Å²) in [6, 6.07) is 6.46. The van der Waals surface area contributed by atoms with Crippen LogP contribution in [0.1, 0.15) is 70.9 Å². The normalized spacial score (nSPS) is 26.2. The highest BCUT2D eigenvalue weighted by Gasteiger charge is 2.33. The van der Waals surface area contributed by atoms with Gasteiger partial charge in [-0.15, -0.1) is 0 Å². The fourth-order valence-electron chi connectivity index (χ4n) is 5.95. The van der Waals surface area contributed by atoms with Crippen LogP contribution in [0.15, 0.2) is 18.2 Å². The Labute approximate surface area is 224 Å². The van der Waals surface area contributed by atoms with Gasteiger partial charge in [0.25, 0.3) is 0 Å². The Balaban J connectivity index is 1.14. The maximum atomic E-state index is 12.3. The quantitative estimate of drug-likeness (QED) is 0.554. The number of piperidine rings is 3. The van der Waals surface area contributed by atoms with E-state index in [0.29, 0.717) is 25.9 Å². The van der Waals surface area contributed by atoms with Crippen LogP contribution in [0.4, 0.5) is 10.5 Å². The van der Waals surface area contributed by atoms with E-state index in [2.05, 4.69) is 28.4 Å². The van der Waals surface area contributed by atoms with E-state index >= 15 is 0 Å².